The van der Waals surface area contributed by atoms with E-state index in [4.69, 9.17) is 5.26 Å². The Labute approximate surface area is 85.2 Å². The van der Waals surface area contributed by atoms with Gasteiger partial charge in [-0.15, -0.1) is 10.2 Å². The zero-order chi connectivity index (χ0) is 10.7. The van der Waals surface area contributed by atoms with Crippen LogP contribution in [0.15, 0.2) is 24.4 Å². The number of pyridine rings is 1. The van der Waals surface area contributed by atoms with Gasteiger partial charge in [-0.3, -0.25) is 14.5 Å². The largest absolute Gasteiger partial charge is 0.293 e. The van der Waals surface area contributed by atoms with Crippen LogP contribution in [0.2, 0.25) is 0 Å². The van der Waals surface area contributed by atoms with Gasteiger partial charge in [0.1, 0.15) is 6.42 Å². The normalized spacial score (nSPS) is 9.80. The Hall–Kier alpha value is -2.42. The molecular weight excluding hydrogens is 194 g/mol. The summed E-state index contributed by atoms with van der Waals surface area (Å²) in [5.41, 5.74) is 0.643. The molecule has 0 atom stereocenters. The summed E-state index contributed by atoms with van der Waals surface area (Å²) >= 11 is 0. The van der Waals surface area contributed by atoms with Crippen molar-refractivity contribution in [3.63, 3.8) is 0 Å². The van der Waals surface area contributed by atoms with Crippen LogP contribution in [-0.2, 0) is 4.79 Å². The van der Waals surface area contributed by atoms with E-state index < -0.39 is 5.91 Å². The highest BCUT2D eigenvalue weighted by Gasteiger charge is 2.07. The van der Waals surface area contributed by atoms with Crippen LogP contribution in [0.4, 0.5) is 5.95 Å². The van der Waals surface area contributed by atoms with Gasteiger partial charge < -0.3 is 0 Å². The fourth-order valence-electron chi connectivity index (χ4n) is 1.17. The Morgan fingerprint density at radius 2 is 2.40 bits per heavy atom. The Morgan fingerprint density at radius 1 is 1.53 bits per heavy atom. The lowest BCUT2D eigenvalue weighted by molar-refractivity contribution is -0.115. The summed E-state index contributed by atoms with van der Waals surface area (Å²) in [6, 6.07) is 7.16. The summed E-state index contributed by atoms with van der Waals surface area (Å²) in [6.07, 6.45) is 1.54. The van der Waals surface area contributed by atoms with E-state index in [0.717, 1.165) is 0 Å². The van der Waals surface area contributed by atoms with Crippen molar-refractivity contribution < 1.29 is 4.79 Å². The number of carbonyl (C=O) groups is 1. The van der Waals surface area contributed by atoms with Gasteiger partial charge in [-0.05, 0) is 12.1 Å². The van der Waals surface area contributed by atoms with Crippen molar-refractivity contribution in [1.29, 1.82) is 5.26 Å². The fourth-order valence-corrected chi connectivity index (χ4v) is 1.17. The summed E-state index contributed by atoms with van der Waals surface area (Å²) in [4.78, 5) is 11.1. The van der Waals surface area contributed by atoms with E-state index in [0.29, 0.717) is 11.6 Å². The maximum atomic E-state index is 11.1. The van der Waals surface area contributed by atoms with Gasteiger partial charge in [0.15, 0.2) is 5.65 Å². The molecule has 6 heteroatoms. The van der Waals surface area contributed by atoms with Gasteiger partial charge in [-0.25, -0.2) is 0 Å². The topological polar surface area (TPSA) is 83.1 Å². The van der Waals surface area contributed by atoms with Gasteiger partial charge in [-0.2, -0.15) is 5.26 Å². The van der Waals surface area contributed by atoms with Crippen molar-refractivity contribution in [2.75, 3.05) is 5.32 Å². The number of rotatable bonds is 2. The maximum Gasteiger partial charge on any atom is 0.240 e. The molecule has 1 N–H and O–H groups in total. The summed E-state index contributed by atoms with van der Waals surface area (Å²) in [5.74, 6) is -0.0681. The molecule has 0 aliphatic heterocycles. The van der Waals surface area contributed by atoms with Crippen molar-refractivity contribution in [3.8, 4) is 6.07 Å². The maximum absolute atomic E-state index is 11.1. The third-order valence-corrected chi connectivity index (χ3v) is 1.80. The smallest absolute Gasteiger partial charge is 0.240 e. The predicted molar refractivity (Wildman–Crippen MR) is 51.8 cm³/mol. The Kier molecular flexibility index (Phi) is 2.29. The lowest BCUT2D eigenvalue weighted by Crippen LogP contribution is -2.12. The number of nitriles is 1. The molecule has 2 aromatic heterocycles. The van der Waals surface area contributed by atoms with E-state index in [-0.39, 0.29) is 6.42 Å². The summed E-state index contributed by atoms with van der Waals surface area (Å²) in [7, 11) is 0. The van der Waals surface area contributed by atoms with Gasteiger partial charge in [0.25, 0.3) is 0 Å². The van der Waals surface area contributed by atoms with Gasteiger partial charge in [-0.1, -0.05) is 6.07 Å². The van der Waals surface area contributed by atoms with Gasteiger partial charge >= 0.3 is 0 Å². The second kappa shape index (κ2) is 3.75. The molecule has 0 saturated heterocycles. The van der Waals surface area contributed by atoms with Crippen LogP contribution in [0.5, 0.6) is 0 Å². The van der Waals surface area contributed by atoms with Crippen LogP contribution in [-0.4, -0.2) is 20.5 Å². The lowest BCUT2D eigenvalue weighted by Gasteiger charge is -1.99. The molecule has 0 radical (unpaired) electrons. The van der Waals surface area contributed by atoms with Crippen LogP contribution < -0.4 is 5.32 Å². The van der Waals surface area contributed by atoms with E-state index in [9.17, 15) is 4.79 Å². The Bertz CT molecular complexity index is 539. The number of nitrogens with one attached hydrogen (secondary N) is 1. The SMILES string of the molecule is N#CCC(=O)Nc1nnc2ccccn12. The molecule has 0 aromatic carbocycles. The summed E-state index contributed by atoms with van der Waals surface area (Å²) in [5, 5.41) is 18.5. The summed E-state index contributed by atoms with van der Waals surface area (Å²) in [6.45, 7) is 0. The second-order valence-corrected chi connectivity index (χ2v) is 2.84. The average Bonchev–Trinajstić information content (AvgIpc) is 2.62. The molecular formula is C9H7N5O. The van der Waals surface area contributed by atoms with E-state index in [2.05, 4.69) is 15.5 Å². The molecule has 0 aliphatic carbocycles. The first-order chi connectivity index (χ1) is 7.31. The minimum atomic E-state index is -0.393. The number of amides is 1. The zero-order valence-corrected chi connectivity index (χ0v) is 7.71. The quantitative estimate of drug-likeness (QED) is 0.770. The average molecular weight is 201 g/mol. The molecule has 0 bridgehead atoms. The third-order valence-electron chi connectivity index (χ3n) is 1.80. The first-order valence-electron chi connectivity index (χ1n) is 4.28. The monoisotopic (exact) mass is 201 g/mol. The molecule has 74 valence electrons. The van der Waals surface area contributed by atoms with E-state index >= 15 is 0 Å². The molecule has 0 spiro atoms. The van der Waals surface area contributed by atoms with E-state index in [1.807, 2.05) is 6.07 Å². The zero-order valence-electron chi connectivity index (χ0n) is 7.71. The number of fused-ring (bicyclic) bond motifs is 1. The molecule has 0 aliphatic rings. The minimum absolute atomic E-state index is 0.193. The van der Waals surface area contributed by atoms with Crippen molar-refractivity contribution in [1.82, 2.24) is 14.6 Å². The van der Waals surface area contributed by atoms with Crippen molar-refractivity contribution in [2.24, 2.45) is 0 Å². The number of anilines is 1. The number of aromatic nitrogens is 3. The van der Waals surface area contributed by atoms with Crippen molar-refractivity contribution >= 4 is 17.5 Å². The van der Waals surface area contributed by atoms with Crippen LogP contribution in [0.3, 0.4) is 0 Å². The highest BCUT2D eigenvalue weighted by molar-refractivity contribution is 5.90. The fraction of sp³-hybridized carbons (Fsp3) is 0.111. The number of carbonyl (C=O) groups excluding carboxylic acids is 1. The van der Waals surface area contributed by atoms with Crippen LogP contribution >= 0.6 is 0 Å². The van der Waals surface area contributed by atoms with Gasteiger partial charge in [0.05, 0.1) is 6.07 Å². The Balaban J connectivity index is 2.29. The summed E-state index contributed by atoms with van der Waals surface area (Å²) < 4.78 is 1.63. The highest BCUT2D eigenvalue weighted by atomic mass is 16.1. The number of hydrogen-bond acceptors (Lipinski definition) is 4. The van der Waals surface area contributed by atoms with Crippen LogP contribution in [0.1, 0.15) is 6.42 Å². The molecule has 15 heavy (non-hydrogen) atoms. The molecule has 0 saturated carbocycles. The standard InChI is InChI=1S/C9H7N5O/c10-5-4-8(15)11-9-13-12-7-3-1-2-6-14(7)9/h1-3,6H,4H2,(H,11,13,15). The first-order valence-corrected chi connectivity index (χ1v) is 4.28. The molecule has 2 aromatic rings. The number of hydrogen-bond donors (Lipinski definition) is 1. The molecule has 2 heterocycles. The molecule has 1 amide bonds. The lowest BCUT2D eigenvalue weighted by atomic mass is 10.4. The first kappa shape index (κ1) is 9.15. The van der Waals surface area contributed by atoms with Crippen LogP contribution in [0, 0.1) is 11.3 Å². The van der Waals surface area contributed by atoms with E-state index in [1.165, 1.54) is 0 Å². The number of nitrogens with zero attached hydrogens (tertiary/aromatic N) is 4. The molecule has 6 nitrogen and oxygen atoms in total. The van der Waals surface area contributed by atoms with Crippen molar-refractivity contribution in [2.45, 2.75) is 6.42 Å². The molecule has 0 unspecified atom stereocenters. The van der Waals surface area contributed by atoms with Crippen molar-refractivity contribution in [3.05, 3.63) is 24.4 Å². The van der Waals surface area contributed by atoms with E-state index in [1.54, 1.807) is 28.8 Å². The predicted octanol–water partition coefficient (Wildman–Crippen LogP) is 0.581. The third kappa shape index (κ3) is 1.76. The molecule has 0 fully saturated rings. The highest BCUT2D eigenvalue weighted by Crippen LogP contribution is 2.07. The second-order valence-electron chi connectivity index (χ2n) is 2.84. The Morgan fingerprint density at radius 3 is 3.20 bits per heavy atom. The van der Waals surface area contributed by atoms with Gasteiger partial charge in [0.2, 0.25) is 11.9 Å². The van der Waals surface area contributed by atoms with Gasteiger partial charge in [0, 0.05) is 6.20 Å². The van der Waals surface area contributed by atoms with Crippen LogP contribution in [0.25, 0.3) is 5.65 Å². The minimum Gasteiger partial charge on any atom is -0.293 e. The molecule has 2 rings (SSSR count).